The van der Waals surface area contributed by atoms with Gasteiger partial charge in [0.1, 0.15) is 18.1 Å². The Hall–Kier alpha value is -3.52. The van der Waals surface area contributed by atoms with Crippen molar-refractivity contribution in [3.05, 3.63) is 87.9 Å². The predicted molar refractivity (Wildman–Crippen MR) is 121 cm³/mol. The van der Waals surface area contributed by atoms with E-state index in [1.807, 2.05) is 17.5 Å². The molecule has 3 aromatic rings. The number of likely N-dealkylation sites (N-methyl/N-ethyl adjacent to an activating group) is 1. The Kier molecular flexibility index (Phi) is 6.32. The van der Waals surface area contributed by atoms with Crippen molar-refractivity contribution in [1.82, 2.24) is 9.91 Å². The largest absolute Gasteiger partial charge is 0.497 e. The van der Waals surface area contributed by atoms with Crippen molar-refractivity contribution in [2.24, 2.45) is 5.10 Å². The van der Waals surface area contributed by atoms with E-state index in [-0.39, 0.29) is 30.2 Å². The van der Waals surface area contributed by atoms with Crippen molar-refractivity contribution in [2.75, 3.05) is 20.7 Å². The Bertz CT molecular complexity index is 1130. The lowest BCUT2D eigenvalue weighted by Crippen LogP contribution is -2.39. The zero-order valence-electron chi connectivity index (χ0n) is 17.7. The van der Waals surface area contributed by atoms with Gasteiger partial charge in [0.25, 0.3) is 11.8 Å². The summed E-state index contributed by atoms with van der Waals surface area (Å²) < 4.78 is 18.6. The van der Waals surface area contributed by atoms with E-state index in [0.717, 1.165) is 16.2 Å². The molecular formula is C24H22FN3O3S. The van der Waals surface area contributed by atoms with Crippen molar-refractivity contribution in [2.45, 2.75) is 12.5 Å². The molecule has 1 aliphatic rings. The molecule has 0 saturated carbocycles. The van der Waals surface area contributed by atoms with Crippen molar-refractivity contribution in [3.8, 4) is 5.75 Å². The molecule has 32 heavy (non-hydrogen) atoms. The minimum absolute atomic E-state index is 0.135. The minimum Gasteiger partial charge on any atom is -0.497 e. The molecule has 0 aliphatic carbocycles. The molecule has 0 fully saturated rings. The van der Waals surface area contributed by atoms with Gasteiger partial charge in [0, 0.05) is 19.0 Å². The summed E-state index contributed by atoms with van der Waals surface area (Å²) in [6.07, 6.45) is 0.522. The van der Waals surface area contributed by atoms with Crippen LogP contribution in [-0.4, -0.2) is 48.1 Å². The number of hydrogen-bond donors (Lipinski definition) is 0. The molecule has 0 spiro atoms. The van der Waals surface area contributed by atoms with Crippen molar-refractivity contribution >= 4 is 28.9 Å². The Morgan fingerprint density at radius 1 is 1.16 bits per heavy atom. The average Bonchev–Trinajstić information content (AvgIpc) is 3.49. The first-order valence-corrected chi connectivity index (χ1v) is 10.9. The van der Waals surface area contributed by atoms with Crippen molar-refractivity contribution in [3.63, 3.8) is 0 Å². The SMILES string of the molecule is COc1ccc(C(=O)N(C)CC(=O)N2N=C(c3cccs3)CC2c2ccc(F)cc2)cc1. The van der Waals surface area contributed by atoms with Crippen molar-refractivity contribution < 1.29 is 18.7 Å². The van der Waals surface area contributed by atoms with Crippen LogP contribution >= 0.6 is 11.3 Å². The summed E-state index contributed by atoms with van der Waals surface area (Å²) in [6.45, 7) is -0.135. The van der Waals surface area contributed by atoms with Crippen LogP contribution in [0.1, 0.15) is 33.3 Å². The standard InChI is InChI=1S/C24H22FN3O3S/c1-27(24(30)17-7-11-19(31-2)12-8-17)15-23(29)28-21(16-5-9-18(25)10-6-16)14-20(26-28)22-4-3-13-32-22/h3-13,21H,14-15H2,1-2H3. The molecule has 6 nitrogen and oxygen atoms in total. The topological polar surface area (TPSA) is 62.2 Å². The van der Waals surface area contributed by atoms with E-state index in [9.17, 15) is 14.0 Å². The maximum Gasteiger partial charge on any atom is 0.262 e. The number of ether oxygens (including phenoxy) is 1. The Morgan fingerprint density at radius 3 is 2.50 bits per heavy atom. The smallest absolute Gasteiger partial charge is 0.262 e. The number of nitrogens with zero attached hydrogens (tertiary/aromatic N) is 3. The Morgan fingerprint density at radius 2 is 1.88 bits per heavy atom. The number of hydrazone groups is 1. The second-order valence-electron chi connectivity index (χ2n) is 7.42. The molecule has 0 saturated heterocycles. The summed E-state index contributed by atoms with van der Waals surface area (Å²) in [7, 11) is 3.14. The van der Waals surface area contributed by atoms with E-state index in [2.05, 4.69) is 5.10 Å². The normalized spacial score (nSPS) is 15.4. The number of amides is 2. The molecule has 1 unspecified atom stereocenters. The predicted octanol–water partition coefficient (Wildman–Crippen LogP) is 4.35. The zero-order chi connectivity index (χ0) is 22.7. The molecule has 0 radical (unpaired) electrons. The van der Waals surface area contributed by atoms with E-state index in [1.54, 1.807) is 61.9 Å². The highest BCUT2D eigenvalue weighted by atomic mass is 32.1. The average molecular weight is 452 g/mol. The van der Waals surface area contributed by atoms with Crippen LogP contribution in [0.5, 0.6) is 5.75 Å². The van der Waals surface area contributed by atoms with E-state index >= 15 is 0 Å². The molecule has 0 N–H and O–H groups in total. The molecule has 1 aromatic heterocycles. The maximum absolute atomic E-state index is 13.4. The van der Waals surface area contributed by atoms with Crippen LogP contribution < -0.4 is 4.74 Å². The molecule has 4 rings (SSSR count). The number of methoxy groups -OCH3 is 1. The lowest BCUT2D eigenvalue weighted by Gasteiger charge is -2.25. The number of halogens is 1. The number of benzene rings is 2. The summed E-state index contributed by atoms with van der Waals surface area (Å²) in [6, 6.07) is 16.3. The molecule has 2 amide bonds. The molecule has 2 aromatic carbocycles. The van der Waals surface area contributed by atoms with Crippen molar-refractivity contribution in [1.29, 1.82) is 0 Å². The first-order valence-electron chi connectivity index (χ1n) is 10.0. The summed E-state index contributed by atoms with van der Waals surface area (Å²) >= 11 is 1.55. The van der Waals surface area contributed by atoms with E-state index in [4.69, 9.17) is 4.74 Å². The van der Waals surface area contributed by atoms with Gasteiger partial charge in [-0.05, 0) is 53.4 Å². The van der Waals surface area contributed by atoms with E-state index < -0.39 is 0 Å². The number of hydrogen-bond acceptors (Lipinski definition) is 5. The number of carbonyl (C=O) groups excluding carboxylic acids is 2. The van der Waals surface area contributed by atoms with Gasteiger partial charge in [0.2, 0.25) is 0 Å². The third-order valence-electron chi connectivity index (χ3n) is 5.28. The van der Waals surface area contributed by atoms with Crippen LogP contribution in [0.25, 0.3) is 0 Å². The monoisotopic (exact) mass is 451 g/mol. The zero-order valence-corrected chi connectivity index (χ0v) is 18.5. The maximum atomic E-state index is 13.4. The molecule has 1 aliphatic heterocycles. The Balaban J connectivity index is 1.54. The first kappa shape index (κ1) is 21.7. The van der Waals surface area contributed by atoms with Gasteiger partial charge in [-0.2, -0.15) is 5.10 Å². The fourth-order valence-corrected chi connectivity index (χ4v) is 4.30. The van der Waals surface area contributed by atoms with Gasteiger partial charge in [0.05, 0.1) is 23.7 Å². The quantitative estimate of drug-likeness (QED) is 0.560. The van der Waals surface area contributed by atoms with Crippen LogP contribution in [0, 0.1) is 5.82 Å². The summed E-state index contributed by atoms with van der Waals surface area (Å²) in [4.78, 5) is 28.3. The third-order valence-corrected chi connectivity index (χ3v) is 6.20. The fraction of sp³-hybridized carbons (Fsp3) is 0.208. The van der Waals surface area contributed by atoms with Crippen LogP contribution in [0.4, 0.5) is 4.39 Å². The van der Waals surface area contributed by atoms with E-state index in [0.29, 0.717) is 17.7 Å². The fourth-order valence-electron chi connectivity index (χ4n) is 3.58. The minimum atomic E-state index is -0.357. The number of rotatable bonds is 6. The van der Waals surface area contributed by atoms with Crippen LogP contribution in [0.3, 0.4) is 0 Å². The first-order chi connectivity index (χ1) is 15.5. The summed E-state index contributed by atoms with van der Waals surface area (Å²) in [5.74, 6) is -0.278. The molecule has 8 heteroatoms. The lowest BCUT2D eigenvalue weighted by molar-refractivity contribution is -0.133. The van der Waals surface area contributed by atoms with Gasteiger partial charge in [-0.1, -0.05) is 18.2 Å². The lowest BCUT2D eigenvalue weighted by atomic mass is 10.0. The van der Waals surface area contributed by atoms with Gasteiger partial charge in [0.15, 0.2) is 0 Å². The number of thiophene rings is 1. The molecule has 1 atom stereocenters. The van der Waals surface area contributed by atoms with Gasteiger partial charge in [-0.3, -0.25) is 9.59 Å². The highest BCUT2D eigenvalue weighted by molar-refractivity contribution is 7.12. The van der Waals surface area contributed by atoms with Gasteiger partial charge in [-0.25, -0.2) is 9.40 Å². The van der Waals surface area contributed by atoms with Crippen LogP contribution in [0.2, 0.25) is 0 Å². The van der Waals surface area contributed by atoms with Gasteiger partial charge < -0.3 is 9.64 Å². The summed E-state index contributed by atoms with van der Waals surface area (Å²) in [5.41, 5.74) is 2.05. The third kappa shape index (κ3) is 4.55. The van der Waals surface area contributed by atoms with E-state index in [1.165, 1.54) is 22.0 Å². The van der Waals surface area contributed by atoms with Gasteiger partial charge >= 0.3 is 0 Å². The second kappa shape index (κ2) is 9.32. The highest BCUT2D eigenvalue weighted by Gasteiger charge is 2.34. The second-order valence-corrected chi connectivity index (χ2v) is 8.37. The highest BCUT2D eigenvalue weighted by Crippen LogP contribution is 2.34. The molecule has 2 heterocycles. The van der Waals surface area contributed by atoms with Crippen LogP contribution in [-0.2, 0) is 4.79 Å². The molecular weight excluding hydrogens is 429 g/mol. The Labute approximate surface area is 189 Å². The van der Waals surface area contributed by atoms with Gasteiger partial charge in [-0.15, -0.1) is 11.3 Å². The molecule has 0 bridgehead atoms. The van der Waals surface area contributed by atoms with Crippen LogP contribution in [0.15, 0.2) is 71.1 Å². The summed E-state index contributed by atoms with van der Waals surface area (Å²) in [5, 5.41) is 7.95. The molecule has 164 valence electrons. The number of carbonyl (C=O) groups is 2.